The third-order valence-electron chi connectivity index (χ3n) is 12.2. The molecule has 0 aromatic heterocycles. The van der Waals surface area contributed by atoms with Crippen LogP contribution in [0.5, 0.6) is 0 Å². The first-order chi connectivity index (χ1) is 30.0. The van der Waals surface area contributed by atoms with E-state index in [1.54, 1.807) is 7.11 Å². The van der Waals surface area contributed by atoms with E-state index < -0.39 is 51.0 Å². The van der Waals surface area contributed by atoms with Gasteiger partial charge in [0, 0.05) is 20.0 Å². The first kappa shape index (κ1) is 47.9. The number of ether oxygens (including phenoxy) is 8. The Kier molecular flexibility index (Phi) is 18.5. The summed E-state index contributed by atoms with van der Waals surface area (Å²) in [4.78, 5) is 14.3. The van der Waals surface area contributed by atoms with Gasteiger partial charge in [-0.1, -0.05) is 142 Å². The van der Waals surface area contributed by atoms with Crippen LogP contribution in [0, 0.1) is 0 Å². The van der Waals surface area contributed by atoms with Crippen molar-refractivity contribution < 1.29 is 47.1 Å². The molecule has 0 unspecified atom stereocenters. The Bertz CT molecular complexity index is 1860. The first-order valence-corrected chi connectivity index (χ1v) is 25.1. The van der Waals surface area contributed by atoms with Crippen molar-refractivity contribution >= 4 is 14.1 Å². The van der Waals surface area contributed by atoms with E-state index >= 15 is 0 Å². The molecule has 2 fully saturated rings. The fraction of sp³-hybridized carbons (Fsp3) is 0.510. The molecular weight excluding hydrogens is 801 g/mol. The summed E-state index contributed by atoms with van der Waals surface area (Å²) in [6, 6.07) is 40.4. The maximum absolute atomic E-state index is 14.3. The predicted octanol–water partition coefficient (Wildman–Crippen LogP) is 9.63. The van der Waals surface area contributed by atoms with Gasteiger partial charge in [-0.3, -0.25) is 4.79 Å². The Morgan fingerprint density at radius 3 is 1.66 bits per heavy atom. The summed E-state index contributed by atoms with van der Waals surface area (Å²) in [5.74, 6) is 0.00253. The number of benzene rings is 4. The van der Waals surface area contributed by atoms with Gasteiger partial charge < -0.3 is 42.3 Å². The second-order valence-electron chi connectivity index (χ2n) is 17.9. The molecule has 10 nitrogen and oxygen atoms in total. The van der Waals surface area contributed by atoms with Crippen molar-refractivity contribution in [2.75, 3.05) is 27.1 Å². The monoisotopic (exact) mass is 868 g/mol. The standard InChI is InChI=1S/C51H68O10Si/c1-51(2,3)62(5,6)61-49-46(31-45-42(52)27-28-43(56-33-39-21-13-8-14-22-39)47(60-45)36-55-32-38-19-11-7-12-20-38)59-44(29-30-54-37-53-4)48(57-34-40-23-15-9-16-24-40)50(49)58-35-41-25-17-10-18-26-41/h7-26,43-50H,27-37H2,1-6H3/t43-,44-,45-,46+,47+,48-,49+,50+/m0/s1. The van der Waals surface area contributed by atoms with Gasteiger partial charge in [-0.05, 0) is 53.2 Å². The quantitative estimate of drug-likeness (QED) is 0.0432. The molecule has 2 saturated heterocycles. The lowest BCUT2D eigenvalue weighted by Gasteiger charge is -2.50. The minimum absolute atomic E-state index is 0.00253. The lowest BCUT2D eigenvalue weighted by molar-refractivity contribution is -0.257. The van der Waals surface area contributed by atoms with Crippen molar-refractivity contribution in [1.82, 2.24) is 0 Å². The largest absolute Gasteiger partial charge is 0.409 e. The van der Waals surface area contributed by atoms with Crippen LogP contribution < -0.4 is 0 Å². The zero-order valence-corrected chi connectivity index (χ0v) is 38.5. The molecule has 6 rings (SSSR count). The number of hydrogen-bond acceptors (Lipinski definition) is 10. The highest BCUT2D eigenvalue weighted by atomic mass is 28.4. The molecule has 0 spiro atoms. The van der Waals surface area contributed by atoms with Crippen molar-refractivity contribution in [2.24, 2.45) is 0 Å². The van der Waals surface area contributed by atoms with Crippen LogP contribution in [0.3, 0.4) is 0 Å². The molecule has 0 amide bonds. The summed E-state index contributed by atoms with van der Waals surface area (Å²) in [7, 11) is -0.884. The number of Topliss-reactive ketones (excluding diaryl/α,β-unsaturated/α-hetero) is 1. The SMILES string of the molecule is COCOCC[C@@H]1O[C@H](C[C@@H]2O[C@H](COCc3ccccc3)[C@@H](OCc3ccccc3)CCC2=O)[C@@H](O[Si](C)(C)C(C)(C)C)[C@H](OCc2ccccc2)[C@H]1OCc1ccccc1. The molecule has 0 radical (unpaired) electrons. The molecular formula is C51H68O10Si. The molecule has 0 saturated carbocycles. The van der Waals surface area contributed by atoms with Crippen LogP contribution in [0.25, 0.3) is 0 Å². The Balaban J connectivity index is 1.32. The maximum atomic E-state index is 14.3. The van der Waals surface area contributed by atoms with E-state index in [0.29, 0.717) is 52.3 Å². The van der Waals surface area contributed by atoms with Gasteiger partial charge in [-0.15, -0.1) is 0 Å². The van der Waals surface area contributed by atoms with E-state index in [-0.39, 0.29) is 36.7 Å². The third kappa shape index (κ3) is 14.2. The highest BCUT2D eigenvalue weighted by Crippen LogP contribution is 2.42. The zero-order chi connectivity index (χ0) is 43.8. The summed E-state index contributed by atoms with van der Waals surface area (Å²) in [6.07, 6.45) is -2.85. The molecule has 62 heavy (non-hydrogen) atoms. The second kappa shape index (κ2) is 23.9. The summed E-state index contributed by atoms with van der Waals surface area (Å²) < 4.78 is 59.4. The van der Waals surface area contributed by atoms with E-state index in [1.807, 2.05) is 97.1 Å². The van der Waals surface area contributed by atoms with Crippen molar-refractivity contribution in [3.63, 3.8) is 0 Å². The first-order valence-electron chi connectivity index (χ1n) is 22.2. The second-order valence-corrected chi connectivity index (χ2v) is 22.7. The van der Waals surface area contributed by atoms with Crippen LogP contribution in [0.2, 0.25) is 18.1 Å². The normalized spacial score (nSPS) is 24.8. The topological polar surface area (TPSA) is 100 Å². The number of hydrogen-bond donors (Lipinski definition) is 0. The molecule has 0 aliphatic carbocycles. The van der Waals surface area contributed by atoms with E-state index in [2.05, 4.69) is 58.1 Å². The van der Waals surface area contributed by atoms with Gasteiger partial charge in [0.05, 0.1) is 58.0 Å². The summed E-state index contributed by atoms with van der Waals surface area (Å²) in [5, 5.41) is -0.133. The Morgan fingerprint density at radius 2 is 1.13 bits per heavy atom. The Hall–Kier alpha value is -3.59. The molecule has 2 aliphatic rings. The third-order valence-corrected chi connectivity index (χ3v) is 16.7. The molecule has 4 aromatic carbocycles. The van der Waals surface area contributed by atoms with Crippen LogP contribution >= 0.6 is 0 Å². The van der Waals surface area contributed by atoms with Crippen LogP contribution in [0.1, 0.15) is 68.7 Å². The van der Waals surface area contributed by atoms with Crippen molar-refractivity contribution in [2.45, 2.75) is 140 Å². The van der Waals surface area contributed by atoms with E-state index in [0.717, 1.165) is 22.3 Å². The Labute approximate surface area is 370 Å². The van der Waals surface area contributed by atoms with Crippen LogP contribution in [0.15, 0.2) is 121 Å². The number of methoxy groups -OCH3 is 1. The zero-order valence-electron chi connectivity index (χ0n) is 37.5. The van der Waals surface area contributed by atoms with Crippen LogP contribution in [-0.4, -0.2) is 90.0 Å². The van der Waals surface area contributed by atoms with Gasteiger partial charge in [0.1, 0.15) is 37.3 Å². The fourth-order valence-electron chi connectivity index (χ4n) is 7.72. The smallest absolute Gasteiger partial charge is 0.192 e. The van der Waals surface area contributed by atoms with Crippen molar-refractivity contribution in [3.05, 3.63) is 144 Å². The number of carbonyl (C=O) groups is 1. The lowest BCUT2D eigenvalue weighted by Crippen LogP contribution is -2.64. The summed E-state index contributed by atoms with van der Waals surface area (Å²) in [6.45, 7) is 13.4. The lowest BCUT2D eigenvalue weighted by atomic mass is 9.89. The molecule has 2 heterocycles. The Morgan fingerprint density at radius 1 is 0.613 bits per heavy atom. The molecule has 8 atom stereocenters. The number of ketones is 1. The van der Waals surface area contributed by atoms with Crippen LogP contribution in [-0.2, 0) is 73.5 Å². The number of carbonyl (C=O) groups excluding carboxylic acids is 1. The minimum atomic E-state index is -2.49. The molecule has 2 aliphatic heterocycles. The average Bonchev–Trinajstić information content (AvgIpc) is 3.42. The molecule has 336 valence electrons. The molecule has 4 aromatic rings. The highest BCUT2D eigenvalue weighted by molar-refractivity contribution is 6.74. The van der Waals surface area contributed by atoms with Gasteiger partial charge in [-0.25, -0.2) is 0 Å². The minimum Gasteiger partial charge on any atom is -0.409 e. The van der Waals surface area contributed by atoms with Gasteiger partial charge in [-0.2, -0.15) is 0 Å². The maximum Gasteiger partial charge on any atom is 0.192 e. The predicted molar refractivity (Wildman–Crippen MR) is 242 cm³/mol. The van der Waals surface area contributed by atoms with Crippen LogP contribution in [0.4, 0.5) is 0 Å². The molecule has 0 N–H and O–H groups in total. The van der Waals surface area contributed by atoms with E-state index in [4.69, 9.17) is 42.3 Å². The van der Waals surface area contributed by atoms with Gasteiger partial charge in [0.15, 0.2) is 14.1 Å². The van der Waals surface area contributed by atoms with Crippen molar-refractivity contribution in [1.29, 1.82) is 0 Å². The van der Waals surface area contributed by atoms with Gasteiger partial charge in [0.2, 0.25) is 0 Å². The molecule has 11 heteroatoms. The highest BCUT2D eigenvalue weighted by Gasteiger charge is 2.53. The summed E-state index contributed by atoms with van der Waals surface area (Å²) >= 11 is 0. The number of rotatable bonds is 22. The summed E-state index contributed by atoms with van der Waals surface area (Å²) in [5.41, 5.74) is 4.18. The molecule has 0 bridgehead atoms. The average molecular weight is 869 g/mol. The van der Waals surface area contributed by atoms with E-state index in [9.17, 15) is 4.79 Å². The fourth-order valence-corrected chi connectivity index (χ4v) is 9.04. The van der Waals surface area contributed by atoms with Gasteiger partial charge in [0.25, 0.3) is 0 Å². The van der Waals surface area contributed by atoms with Gasteiger partial charge >= 0.3 is 0 Å². The van der Waals surface area contributed by atoms with Crippen molar-refractivity contribution in [3.8, 4) is 0 Å². The van der Waals surface area contributed by atoms with E-state index in [1.165, 1.54) is 0 Å².